The summed E-state index contributed by atoms with van der Waals surface area (Å²) < 4.78 is 10.4. The average Bonchev–Trinajstić information content (AvgIpc) is 3.14. The second-order valence-corrected chi connectivity index (χ2v) is 8.27. The van der Waals surface area contributed by atoms with Crippen LogP contribution in [0.25, 0.3) is 6.08 Å². The number of benzene rings is 3. The third-order valence-corrected chi connectivity index (χ3v) is 5.83. The average molecular weight is 503 g/mol. The molecule has 1 amide bonds. The van der Waals surface area contributed by atoms with E-state index in [1.807, 2.05) is 30.3 Å². The molecule has 36 heavy (non-hydrogen) atoms. The first kappa shape index (κ1) is 24.8. The monoisotopic (exact) mass is 502 g/mol. The second kappa shape index (κ2) is 10.9. The molecule has 1 heterocycles. The van der Waals surface area contributed by atoms with Crippen molar-refractivity contribution in [3.8, 4) is 5.75 Å². The Morgan fingerprint density at radius 1 is 0.972 bits per heavy atom. The standard InChI is InChI=1S/C28H23ClN2O5/c1-18-26(28(34)35-2)27(33)24(31(18)20-8-4-3-5-9-20)16-19-12-14-21(15-13-19)36-17-25(32)30-23-11-7-6-10-22(23)29/h3-16H,17H2,1-2H3,(H,30,32)/b24-16-. The molecule has 1 aliphatic heterocycles. The molecule has 0 aliphatic carbocycles. The summed E-state index contributed by atoms with van der Waals surface area (Å²) in [6.07, 6.45) is 1.70. The number of rotatable bonds is 7. The van der Waals surface area contributed by atoms with Gasteiger partial charge in [0.05, 0.1) is 23.5 Å². The summed E-state index contributed by atoms with van der Waals surface area (Å²) in [6, 6.07) is 23.1. The van der Waals surface area contributed by atoms with Crippen molar-refractivity contribution in [3.05, 3.63) is 106 Å². The van der Waals surface area contributed by atoms with Crippen LogP contribution < -0.4 is 15.0 Å². The lowest BCUT2D eigenvalue weighted by Crippen LogP contribution is -2.20. The Kier molecular flexibility index (Phi) is 7.51. The van der Waals surface area contributed by atoms with Gasteiger partial charge in [0.1, 0.15) is 11.3 Å². The fraction of sp³-hybridized carbons (Fsp3) is 0.107. The van der Waals surface area contributed by atoms with Gasteiger partial charge in [0.2, 0.25) is 5.78 Å². The normalized spacial score (nSPS) is 14.2. The second-order valence-electron chi connectivity index (χ2n) is 7.87. The van der Waals surface area contributed by atoms with E-state index < -0.39 is 11.8 Å². The lowest BCUT2D eigenvalue weighted by Gasteiger charge is -2.21. The third kappa shape index (κ3) is 5.31. The molecule has 0 atom stereocenters. The quantitative estimate of drug-likeness (QED) is 0.270. The highest BCUT2D eigenvalue weighted by atomic mass is 35.5. The van der Waals surface area contributed by atoms with Gasteiger partial charge >= 0.3 is 5.97 Å². The molecular formula is C28H23ClN2O5. The number of nitrogens with one attached hydrogen (secondary N) is 1. The molecule has 0 radical (unpaired) electrons. The van der Waals surface area contributed by atoms with Crippen LogP contribution in [0.5, 0.6) is 5.75 Å². The predicted molar refractivity (Wildman–Crippen MR) is 139 cm³/mol. The summed E-state index contributed by atoms with van der Waals surface area (Å²) in [7, 11) is 1.25. The zero-order valence-corrected chi connectivity index (χ0v) is 20.4. The highest BCUT2D eigenvalue weighted by molar-refractivity contribution is 6.33. The number of nitrogens with zero attached hydrogens (tertiary/aromatic N) is 1. The van der Waals surface area contributed by atoms with Gasteiger partial charge in [-0.15, -0.1) is 0 Å². The molecule has 1 aliphatic rings. The Labute approximate surface area is 213 Å². The molecule has 0 saturated heterocycles. The SMILES string of the molecule is COC(=O)C1=C(C)N(c2ccccc2)/C(=C\c2ccc(OCC(=O)Nc3ccccc3Cl)cc2)C1=O. The number of carbonyl (C=O) groups excluding carboxylic acids is 3. The Morgan fingerprint density at radius 3 is 2.31 bits per heavy atom. The number of anilines is 2. The highest BCUT2D eigenvalue weighted by Crippen LogP contribution is 2.35. The largest absolute Gasteiger partial charge is 0.484 e. The maximum absolute atomic E-state index is 13.2. The number of ketones is 1. The number of esters is 1. The van der Waals surface area contributed by atoms with Gasteiger partial charge in [-0.25, -0.2) is 4.79 Å². The molecule has 3 aromatic carbocycles. The van der Waals surface area contributed by atoms with Gasteiger partial charge in [0, 0.05) is 11.4 Å². The van der Waals surface area contributed by atoms with E-state index >= 15 is 0 Å². The van der Waals surface area contributed by atoms with Crippen LogP contribution in [0.4, 0.5) is 11.4 Å². The number of halogens is 1. The Hall–Kier alpha value is -4.36. The molecule has 0 spiro atoms. The van der Waals surface area contributed by atoms with E-state index in [4.69, 9.17) is 21.1 Å². The summed E-state index contributed by atoms with van der Waals surface area (Å²) in [5, 5.41) is 3.14. The summed E-state index contributed by atoms with van der Waals surface area (Å²) in [5.74, 6) is -0.963. The summed E-state index contributed by atoms with van der Waals surface area (Å²) in [4.78, 5) is 39.4. The molecule has 0 fully saturated rings. The molecule has 7 nitrogen and oxygen atoms in total. The lowest BCUT2D eigenvalue weighted by molar-refractivity contribution is -0.137. The van der Waals surface area contributed by atoms with Gasteiger partial charge in [0.15, 0.2) is 6.61 Å². The molecule has 0 saturated carbocycles. The molecule has 0 aromatic heterocycles. The van der Waals surface area contributed by atoms with Gasteiger partial charge in [-0.2, -0.15) is 0 Å². The number of methoxy groups -OCH3 is 1. The van der Waals surface area contributed by atoms with Crippen molar-refractivity contribution in [2.24, 2.45) is 0 Å². The third-order valence-electron chi connectivity index (χ3n) is 5.50. The molecule has 0 bridgehead atoms. The van der Waals surface area contributed by atoms with Gasteiger partial charge in [-0.05, 0) is 55.0 Å². The minimum atomic E-state index is -0.680. The van der Waals surface area contributed by atoms with Gasteiger partial charge in [0.25, 0.3) is 5.91 Å². The fourth-order valence-electron chi connectivity index (χ4n) is 3.78. The first-order chi connectivity index (χ1) is 17.4. The van der Waals surface area contributed by atoms with Crippen molar-refractivity contribution in [1.82, 2.24) is 0 Å². The van der Waals surface area contributed by atoms with E-state index in [0.29, 0.717) is 33.4 Å². The number of amides is 1. The van der Waals surface area contributed by atoms with Crippen LogP contribution >= 0.6 is 11.6 Å². The molecule has 4 rings (SSSR count). The number of ether oxygens (including phenoxy) is 2. The predicted octanol–water partition coefficient (Wildman–Crippen LogP) is 5.23. The van der Waals surface area contributed by atoms with Crippen molar-refractivity contribution < 1.29 is 23.9 Å². The van der Waals surface area contributed by atoms with Crippen LogP contribution in [0.1, 0.15) is 12.5 Å². The first-order valence-corrected chi connectivity index (χ1v) is 11.4. The zero-order valence-electron chi connectivity index (χ0n) is 19.7. The number of para-hydroxylation sites is 2. The van der Waals surface area contributed by atoms with Crippen molar-refractivity contribution in [3.63, 3.8) is 0 Å². The van der Waals surface area contributed by atoms with Crippen LogP contribution in [0.15, 0.2) is 95.8 Å². The molecule has 182 valence electrons. The Morgan fingerprint density at radius 2 is 1.64 bits per heavy atom. The Balaban J connectivity index is 1.50. The molecule has 1 N–H and O–H groups in total. The minimum Gasteiger partial charge on any atom is -0.484 e. The van der Waals surface area contributed by atoms with Gasteiger partial charge < -0.3 is 19.7 Å². The summed E-state index contributed by atoms with van der Waals surface area (Å²) in [6.45, 7) is 1.51. The van der Waals surface area contributed by atoms with E-state index in [9.17, 15) is 14.4 Å². The van der Waals surface area contributed by atoms with Crippen LogP contribution in [0.2, 0.25) is 5.02 Å². The highest BCUT2D eigenvalue weighted by Gasteiger charge is 2.38. The van der Waals surface area contributed by atoms with Crippen LogP contribution in [-0.4, -0.2) is 31.4 Å². The molecule has 0 unspecified atom stereocenters. The van der Waals surface area contributed by atoms with E-state index in [2.05, 4.69) is 5.32 Å². The summed E-state index contributed by atoms with van der Waals surface area (Å²) in [5.41, 5.74) is 2.79. The number of hydrogen-bond acceptors (Lipinski definition) is 6. The fourth-order valence-corrected chi connectivity index (χ4v) is 3.97. The van der Waals surface area contributed by atoms with Crippen molar-refractivity contribution >= 4 is 46.7 Å². The van der Waals surface area contributed by atoms with Crippen molar-refractivity contribution in [1.29, 1.82) is 0 Å². The molecule has 3 aromatic rings. The number of carbonyl (C=O) groups is 3. The lowest BCUT2D eigenvalue weighted by atomic mass is 10.1. The Bertz CT molecular complexity index is 1360. The number of allylic oxidation sites excluding steroid dienone is 2. The van der Waals surface area contributed by atoms with E-state index in [1.165, 1.54) is 7.11 Å². The maximum atomic E-state index is 13.2. The van der Waals surface area contributed by atoms with Crippen LogP contribution in [0.3, 0.4) is 0 Å². The number of hydrogen-bond donors (Lipinski definition) is 1. The minimum absolute atomic E-state index is 0.00270. The van der Waals surface area contributed by atoms with Gasteiger partial charge in [-0.1, -0.05) is 54.1 Å². The van der Waals surface area contributed by atoms with Crippen LogP contribution in [-0.2, 0) is 19.1 Å². The van der Waals surface area contributed by atoms with Crippen LogP contribution in [0, 0.1) is 0 Å². The molecule has 8 heteroatoms. The maximum Gasteiger partial charge on any atom is 0.343 e. The number of Topliss-reactive ketones (excluding diaryl/α,β-unsaturated/α-hetero) is 1. The van der Waals surface area contributed by atoms with E-state index in [1.54, 1.807) is 66.4 Å². The van der Waals surface area contributed by atoms with Crippen molar-refractivity contribution in [2.75, 3.05) is 23.9 Å². The summed E-state index contributed by atoms with van der Waals surface area (Å²) >= 11 is 6.06. The van der Waals surface area contributed by atoms with E-state index in [-0.39, 0.29) is 18.1 Å². The molecular weight excluding hydrogens is 480 g/mol. The first-order valence-electron chi connectivity index (χ1n) is 11.1. The smallest absolute Gasteiger partial charge is 0.343 e. The zero-order chi connectivity index (χ0) is 25.7. The van der Waals surface area contributed by atoms with Crippen molar-refractivity contribution in [2.45, 2.75) is 6.92 Å². The van der Waals surface area contributed by atoms with E-state index in [0.717, 1.165) is 5.69 Å². The van der Waals surface area contributed by atoms with Gasteiger partial charge in [-0.3, -0.25) is 9.59 Å². The topological polar surface area (TPSA) is 84.9 Å².